The van der Waals surface area contributed by atoms with Crippen LogP contribution < -0.4 is 4.90 Å². The van der Waals surface area contributed by atoms with Crippen molar-refractivity contribution in [2.75, 3.05) is 25.1 Å². The number of thiophene rings is 1. The SMILES string of the molecule is COC(=O)c1sc2ncnc(N3CCCC(F)C3)c2c1C. The Labute approximate surface area is 125 Å². The first-order valence-corrected chi connectivity index (χ1v) is 7.65. The lowest BCUT2D eigenvalue weighted by Crippen LogP contribution is -2.37. The highest BCUT2D eigenvalue weighted by Gasteiger charge is 2.25. The van der Waals surface area contributed by atoms with E-state index in [1.54, 1.807) is 0 Å². The van der Waals surface area contributed by atoms with Crippen molar-refractivity contribution in [1.82, 2.24) is 9.97 Å². The first-order valence-electron chi connectivity index (χ1n) is 6.83. The zero-order valence-electron chi connectivity index (χ0n) is 11.9. The van der Waals surface area contributed by atoms with Crippen molar-refractivity contribution in [2.45, 2.75) is 25.9 Å². The van der Waals surface area contributed by atoms with E-state index in [1.807, 2.05) is 11.8 Å². The van der Waals surface area contributed by atoms with Crippen LogP contribution in [0.25, 0.3) is 10.2 Å². The van der Waals surface area contributed by atoms with Gasteiger partial charge >= 0.3 is 5.97 Å². The third-order valence-corrected chi connectivity index (χ3v) is 4.92. The molecule has 1 aliphatic rings. The number of aryl methyl sites for hydroxylation is 1. The Morgan fingerprint density at radius 2 is 2.33 bits per heavy atom. The third-order valence-electron chi connectivity index (χ3n) is 3.74. The third kappa shape index (κ3) is 2.46. The molecule has 2 aromatic heterocycles. The van der Waals surface area contributed by atoms with Crippen molar-refractivity contribution in [1.29, 1.82) is 0 Å². The minimum atomic E-state index is -0.831. The molecule has 0 spiro atoms. The van der Waals surface area contributed by atoms with Gasteiger partial charge in [-0.05, 0) is 25.3 Å². The maximum atomic E-state index is 13.7. The predicted molar refractivity (Wildman–Crippen MR) is 79.8 cm³/mol. The van der Waals surface area contributed by atoms with Crippen LogP contribution in [-0.4, -0.2) is 42.3 Å². The molecule has 3 heterocycles. The second kappa shape index (κ2) is 5.55. The van der Waals surface area contributed by atoms with E-state index in [-0.39, 0.29) is 5.97 Å². The van der Waals surface area contributed by atoms with Crippen LogP contribution in [0, 0.1) is 6.92 Å². The molecule has 112 valence electrons. The zero-order valence-corrected chi connectivity index (χ0v) is 12.7. The molecule has 0 saturated carbocycles. The van der Waals surface area contributed by atoms with Crippen molar-refractivity contribution >= 4 is 33.3 Å². The number of anilines is 1. The van der Waals surface area contributed by atoms with E-state index in [0.717, 1.165) is 28.7 Å². The van der Waals surface area contributed by atoms with Gasteiger partial charge < -0.3 is 9.64 Å². The van der Waals surface area contributed by atoms with E-state index in [0.29, 0.717) is 23.7 Å². The standard InChI is InChI=1S/C14H16FN3O2S/c1-8-10-12(18-5-3-4-9(15)6-18)16-7-17-13(10)21-11(8)14(19)20-2/h7,9H,3-6H2,1-2H3. The Balaban J connectivity index is 2.11. The Morgan fingerprint density at radius 3 is 3.05 bits per heavy atom. The fourth-order valence-electron chi connectivity index (χ4n) is 2.70. The van der Waals surface area contributed by atoms with Gasteiger partial charge in [-0.2, -0.15) is 0 Å². The number of hydrogen-bond donors (Lipinski definition) is 0. The lowest BCUT2D eigenvalue weighted by molar-refractivity contribution is 0.0605. The molecule has 21 heavy (non-hydrogen) atoms. The van der Waals surface area contributed by atoms with Gasteiger partial charge in [0.25, 0.3) is 0 Å². The second-order valence-electron chi connectivity index (χ2n) is 5.11. The Bertz CT molecular complexity index is 688. The number of rotatable bonds is 2. The van der Waals surface area contributed by atoms with Crippen molar-refractivity contribution in [2.24, 2.45) is 0 Å². The Hall–Kier alpha value is -1.76. The Kier molecular flexibility index (Phi) is 3.75. The molecule has 2 aromatic rings. The largest absolute Gasteiger partial charge is 0.465 e. The summed E-state index contributed by atoms with van der Waals surface area (Å²) in [5.41, 5.74) is 0.804. The number of piperidine rings is 1. The van der Waals surface area contributed by atoms with Crippen LogP contribution in [0.1, 0.15) is 28.1 Å². The summed E-state index contributed by atoms with van der Waals surface area (Å²) in [6.07, 6.45) is 2.04. The molecule has 7 heteroatoms. The van der Waals surface area contributed by atoms with E-state index in [2.05, 4.69) is 9.97 Å². The van der Waals surface area contributed by atoms with E-state index < -0.39 is 6.17 Å². The highest BCUT2D eigenvalue weighted by molar-refractivity contribution is 7.20. The molecule has 1 unspecified atom stereocenters. The van der Waals surface area contributed by atoms with Gasteiger partial charge in [0.05, 0.1) is 19.0 Å². The van der Waals surface area contributed by atoms with E-state index in [4.69, 9.17) is 4.74 Å². The number of alkyl halides is 1. The van der Waals surface area contributed by atoms with Gasteiger partial charge in [0, 0.05) is 6.54 Å². The number of ether oxygens (including phenoxy) is 1. The molecule has 0 N–H and O–H groups in total. The van der Waals surface area contributed by atoms with Crippen LogP contribution in [-0.2, 0) is 4.74 Å². The van der Waals surface area contributed by atoms with Gasteiger partial charge in [-0.25, -0.2) is 19.2 Å². The molecule has 0 aromatic carbocycles. The van der Waals surface area contributed by atoms with Crippen LogP contribution in [0.5, 0.6) is 0 Å². The number of carbonyl (C=O) groups excluding carboxylic acids is 1. The average molecular weight is 309 g/mol. The molecule has 0 bridgehead atoms. The maximum Gasteiger partial charge on any atom is 0.348 e. The summed E-state index contributed by atoms with van der Waals surface area (Å²) in [5.74, 6) is 0.342. The normalized spacial score (nSPS) is 19.0. The number of halogens is 1. The molecule has 1 atom stereocenters. The molecular formula is C14H16FN3O2S. The average Bonchev–Trinajstić information content (AvgIpc) is 2.84. The van der Waals surface area contributed by atoms with Crippen molar-refractivity contribution in [3.63, 3.8) is 0 Å². The van der Waals surface area contributed by atoms with Crippen molar-refractivity contribution < 1.29 is 13.9 Å². The summed E-state index contributed by atoms with van der Waals surface area (Å²) in [6.45, 7) is 2.97. The van der Waals surface area contributed by atoms with E-state index in [1.165, 1.54) is 24.8 Å². The predicted octanol–water partition coefficient (Wildman–Crippen LogP) is 2.72. The number of fused-ring (bicyclic) bond motifs is 1. The molecule has 5 nitrogen and oxygen atoms in total. The zero-order chi connectivity index (χ0) is 15.0. The summed E-state index contributed by atoms with van der Waals surface area (Å²) < 4.78 is 18.5. The number of nitrogens with zero attached hydrogens (tertiary/aromatic N) is 3. The first kappa shape index (κ1) is 14.2. The van der Waals surface area contributed by atoms with Gasteiger partial charge in [0.2, 0.25) is 0 Å². The number of carbonyl (C=O) groups is 1. The molecule has 1 saturated heterocycles. The van der Waals surface area contributed by atoms with Gasteiger partial charge in [-0.1, -0.05) is 0 Å². The molecule has 0 radical (unpaired) electrons. The van der Waals surface area contributed by atoms with Gasteiger partial charge in [-0.3, -0.25) is 0 Å². The topological polar surface area (TPSA) is 55.3 Å². The van der Waals surface area contributed by atoms with Crippen LogP contribution in [0.3, 0.4) is 0 Å². The summed E-state index contributed by atoms with van der Waals surface area (Å²) >= 11 is 1.29. The van der Waals surface area contributed by atoms with E-state index in [9.17, 15) is 9.18 Å². The molecular weight excluding hydrogens is 293 g/mol. The minimum Gasteiger partial charge on any atom is -0.465 e. The van der Waals surface area contributed by atoms with Crippen molar-refractivity contribution in [3.8, 4) is 0 Å². The fraction of sp³-hybridized carbons (Fsp3) is 0.500. The van der Waals surface area contributed by atoms with Gasteiger partial charge in [0.15, 0.2) is 0 Å². The first-order chi connectivity index (χ1) is 10.1. The quantitative estimate of drug-likeness (QED) is 0.798. The molecule has 1 aliphatic heterocycles. The summed E-state index contributed by atoms with van der Waals surface area (Å²) in [4.78, 5) is 23.6. The van der Waals surface area contributed by atoms with Crippen LogP contribution in [0.2, 0.25) is 0 Å². The van der Waals surface area contributed by atoms with Crippen LogP contribution in [0.4, 0.5) is 10.2 Å². The van der Waals surface area contributed by atoms with Crippen LogP contribution in [0.15, 0.2) is 6.33 Å². The van der Waals surface area contributed by atoms with Gasteiger partial charge in [0.1, 0.15) is 28.0 Å². The summed E-state index contributed by atoms with van der Waals surface area (Å²) in [7, 11) is 1.36. The highest BCUT2D eigenvalue weighted by atomic mass is 32.1. The molecule has 1 fully saturated rings. The lowest BCUT2D eigenvalue weighted by Gasteiger charge is -2.30. The fourth-order valence-corrected chi connectivity index (χ4v) is 3.76. The Morgan fingerprint density at radius 1 is 1.52 bits per heavy atom. The second-order valence-corrected chi connectivity index (χ2v) is 6.11. The summed E-state index contributed by atoms with van der Waals surface area (Å²) in [5, 5.41) is 0.831. The molecule has 0 amide bonds. The number of esters is 1. The number of hydrogen-bond acceptors (Lipinski definition) is 6. The maximum absolute atomic E-state index is 13.7. The monoisotopic (exact) mass is 309 g/mol. The summed E-state index contributed by atoms with van der Waals surface area (Å²) in [6, 6.07) is 0. The number of aromatic nitrogens is 2. The van der Waals surface area contributed by atoms with E-state index >= 15 is 0 Å². The molecule has 3 rings (SSSR count). The minimum absolute atomic E-state index is 0.342. The van der Waals surface area contributed by atoms with Crippen LogP contribution >= 0.6 is 11.3 Å². The smallest absolute Gasteiger partial charge is 0.348 e. The van der Waals surface area contributed by atoms with Crippen molar-refractivity contribution in [3.05, 3.63) is 16.8 Å². The molecule has 0 aliphatic carbocycles. The lowest BCUT2D eigenvalue weighted by atomic mass is 10.1. The van der Waals surface area contributed by atoms with Gasteiger partial charge in [-0.15, -0.1) is 11.3 Å². The number of methoxy groups -OCH3 is 1. The highest BCUT2D eigenvalue weighted by Crippen LogP contribution is 2.36.